The highest BCUT2D eigenvalue weighted by Crippen LogP contribution is 2.28. The molecule has 0 amide bonds. The Hall–Kier alpha value is -1.08. The van der Waals surface area contributed by atoms with Crippen molar-refractivity contribution in [3.05, 3.63) is 41.5 Å². The molecule has 0 fully saturated rings. The quantitative estimate of drug-likeness (QED) is 0.693. The topological polar surface area (TPSA) is 20.2 Å². The van der Waals surface area contributed by atoms with Crippen molar-refractivity contribution >= 4 is 5.57 Å². The summed E-state index contributed by atoms with van der Waals surface area (Å²) in [6, 6.07) is 8.32. The van der Waals surface area contributed by atoms with Crippen LogP contribution in [0.5, 0.6) is 0 Å². The molecule has 0 aliphatic heterocycles. The van der Waals surface area contributed by atoms with Crippen LogP contribution in [0.1, 0.15) is 24.5 Å². The van der Waals surface area contributed by atoms with Crippen molar-refractivity contribution in [3.63, 3.8) is 0 Å². The van der Waals surface area contributed by atoms with E-state index in [0.29, 0.717) is 0 Å². The predicted molar refractivity (Wildman–Crippen MR) is 54.4 cm³/mol. The number of aryl methyl sites for hydroxylation is 1. The summed E-state index contributed by atoms with van der Waals surface area (Å²) in [4.78, 5) is 0. The molecule has 0 heterocycles. The first kappa shape index (κ1) is 8.52. The van der Waals surface area contributed by atoms with Crippen LogP contribution in [0.15, 0.2) is 30.3 Å². The largest absolute Gasteiger partial charge is 0.389 e. The minimum Gasteiger partial charge on any atom is -0.389 e. The Kier molecular flexibility index (Phi) is 2.19. The van der Waals surface area contributed by atoms with Gasteiger partial charge < -0.3 is 5.11 Å². The van der Waals surface area contributed by atoms with E-state index in [1.165, 1.54) is 11.1 Å². The Bertz CT molecular complexity index is 337. The van der Waals surface area contributed by atoms with E-state index >= 15 is 0 Å². The van der Waals surface area contributed by atoms with Crippen LogP contribution in [0.2, 0.25) is 0 Å². The van der Waals surface area contributed by atoms with Gasteiger partial charge in [0.25, 0.3) is 0 Å². The molecule has 13 heavy (non-hydrogen) atoms. The molecular weight excluding hydrogens is 160 g/mol. The molecular formula is C12H14O. The lowest BCUT2D eigenvalue weighted by Gasteiger charge is -2.19. The lowest BCUT2D eigenvalue weighted by atomic mass is 9.88. The summed E-state index contributed by atoms with van der Waals surface area (Å²) in [5.74, 6) is 0. The van der Waals surface area contributed by atoms with Crippen LogP contribution in [0.4, 0.5) is 0 Å². The molecule has 0 bridgehead atoms. The fourth-order valence-corrected chi connectivity index (χ4v) is 1.91. The average molecular weight is 174 g/mol. The lowest BCUT2D eigenvalue weighted by molar-refractivity contribution is 0.252. The van der Waals surface area contributed by atoms with Crippen LogP contribution in [0.25, 0.3) is 5.57 Å². The molecule has 0 radical (unpaired) electrons. The number of fused-ring (bicyclic) bond motifs is 1. The molecule has 0 unspecified atom stereocenters. The van der Waals surface area contributed by atoms with Gasteiger partial charge in [0, 0.05) is 0 Å². The van der Waals surface area contributed by atoms with Crippen LogP contribution in [0, 0.1) is 0 Å². The van der Waals surface area contributed by atoms with E-state index in [9.17, 15) is 5.11 Å². The molecule has 1 nitrogen and oxygen atoms in total. The second-order valence-electron chi connectivity index (χ2n) is 3.53. The number of hydrogen-bond donors (Lipinski definition) is 1. The first-order chi connectivity index (χ1) is 6.29. The van der Waals surface area contributed by atoms with Crippen molar-refractivity contribution < 1.29 is 5.11 Å². The number of hydrogen-bond acceptors (Lipinski definition) is 1. The maximum Gasteiger partial charge on any atom is 0.0764 e. The van der Waals surface area contributed by atoms with E-state index < -0.39 is 0 Å². The first-order valence-electron chi connectivity index (χ1n) is 4.75. The number of allylic oxidation sites excluding steroid dienone is 1. The van der Waals surface area contributed by atoms with Crippen molar-refractivity contribution in [2.24, 2.45) is 0 Å². The van der Waals surface area contributed by atoms with Crippen molar-refractivity contribution in [3.8, 4) is 0 Å². The first-order valence-corrected chi connectivity index (χ1v) is 4.75. The van der Waals surface area contributed by atoms with Gasteiger partial charge in [0.1, 0.15) is 0 Å². The number of aliphatic hydroxyl groups excluding tert-OH is 1. The van der Waals surface area contributed by atoms with E-state index in [1.807, 2.05) is 13.0 Å². The summed E-state index contributed by atoms with van der Waals surface area (Å²) < 4.78 is 0. The Labute approximate surface area is 78.7 Å². The van der Waals surface area contributed by atoms with Crippen molar-refractivity contribution in [2.75, 3.05) is 0 Å². The lowest BCUT2D eigenvalue weighted by Crippen LogP contribution is -2.09. The minimum atomic E-state index is -0.346. The Balaban J connectivity index is 2.47. The van der Waals surface area contributed by atoms with Gasteiger partial charge in [0.15, 0.2) is 0 Å². The van der Waals surface area contributed by atoms with Gasteiger partial charge in [-0.15, -0.1) is 0 Å². The monoisotopic (exact) mass is 174 g/mol. The molecule has 0 spiro atoms. The maximum atomic E-state index is 9.56. The van der Waals surface area contributed by atoms with Gasteiger partial charge in [-0.2, -0.15) is 0 Å². The van der Waals surface area contributed by atoms with E-state index in [-0.39, 0.29) is 6.10 Å². The number of benzene rings is 1. The van der Waals surface area contributed by atoms with E-state index in [4.69, 9.17) is 0 Å². The predicted octanol–water partition coefficient (Wildman–Crippen LogP) is 2.40. The van der Waals surface area contributed by atoms with Gasteiger partial charge in [-0.1, -0.05) is 30.3 Å². The summed E-state index contributed by atoms with van der Waals surface area (Å²) in [6.45, 7) is 1.83. The zero-order valence-electron chi connectivity index (χ0n) is 7.83. The molecule has 1 aromatic rings. The smallest absolute Gasteiger partial charge is 0.0764 e. The van der Waals surface area contributed by atoms with Crippen LogP contribution < -0.4 is 0 Å². The standard InChI is InChI=1S/C12H14O/c1-9(13)11-8-4-6-10-5-2-3-7-12(10)11/h2-3,5,7-9,13H,4,6H2,1H3/t9-/m1/s1. The Morgan fingerprint density at radius 2 is 2.08 bits per heavy atom. The third-order valence-electron chi connectivity index (χ3n) is 2.56. The molecule has 1 N–H and O–H groups in total. The molecule has 0 aromatic heterocycles. The summed E-state index contributed by atoms with van der Waals surface area (Å²) in [5, 5.41) is 9.56. The number of rotatable bonds is 1. The Morgan fingerprint density at radius 1 is 1.31 bits per heavy atom. The van der Waals surface area contributed by atoms with Gasteiger partial charge in [-0.25, -0.2) is 0 Å². The molecule has 1 atom stereocenters. The van der Waals surface area contributed by atoms with Crippen LogP contribution in [0.3, 0.4) is 0 Å². The molecule has 1 aliphatic rings. The second-order valence-corrected chi connectivity index (χ2v) is 3.53. The second kappa shape index (κ2) is 3.35. The van der Waals surface area contributed by atoms with Gasteiger partial charge >= 0.3 is 0 Å². The summed E-state index contributed by atoms with van der Waals surface area (Å²) in [6.07, 6.45) is 3.96. The molecule has 1 aromatic carbocycles. The van der Waals surface area contributed by atoms with Crippen LogP contribution in [-0.4, -0.2) is 11.2 Å². The zero-order valence-corrected chi connectivity index (χ0v) is 7.83. The van der Waals surface area contributed by atoms with E-state index in [2.05, 4.69) is 24.3 Å². The summed E-state index contributed by atoms with van der Waals surface area (Å²) in [5.41, 5.74) is 3.67. The normalized spacial score (nSPS) is 17.5. The maximum absolute atomic E-state index is 9.56. The third-order valence-corrected chi connectivity index (χ3v) is 2.56. The average Bonchev–Trinajstić information content (AvgIpc) is 2.17. The molecule has 0 saturated carbocycles. The van der Waals surface area contributed by atoms with Crippen molar-refractivity contribution in [1.29, 1.82) is 0 Å². The fourth-order valence-electron chi connectivity index (χ4n) is 1.91. The molecule has 1 heteroatoms. The Morgan fingerprint density at radius 3 is 2.85 bits per heavy atom. The highest BCUT2D eigenvalue weighted by atomic mass is 16.3. The molecule has 68 valence electrons. The van der Waals surface area contributed by atoms with Gasteiger partial charge in [0.2, 0.25) is 0 Å². The van der Waals surface area contributed by atoms with Crippen molar-refractivity contribution in [1.82, 2.24) is 0 Å². The molecule has 2 rings (SSSR count). The van der Waals surface area contributed by atoms with Crippen molar-refractivity contribution in [2.45, 2.75) is 25.9 Å². The third kappa shape index (κ3) is 1.52. The molecule has 0 saturated heterocycles. The number of aliphatic hydroxyl groups is 1. The fraction of sp³-hybridized carbons (Fsp3) is 0.333. The summed E-state index contributed by atoms with van der Waals surface area (Å²) >= 11 is 0. The highest BCUT2D eigenvalue weighted by molar-refractivity contribution is 5.72. The minimum absolute atomic E-state index is 0.346. The zero-order chi connectivity index (χ0) is 9.26. The van der Waals surface area contributed by atoms with Gasteiger partial charge in [-0.3, -0.25) is 0 Å². The molecule has 1 aliphatic carbocycles. The van der Waals surface area contributed by atoms with Crippen LogP contribution in [-0.2, 0) is 6.42 Å². The van der Waals surface area contributed by atoms with E-state index in [0.717, 1.165) is 18.4 Å². The highest BCUT2D eigenvalue weighted by Gasteiger charge is 2.14. The SMILES string of the molecule is C[C@@H](O)C1=CCCc2ccccc21. The van der Waals surface area contributed by atoms with Crippen LogP contribution >= 0.6 is 0 Å². The van der Waals surface area contributed by atoms with Gasteiger partial charge in [-0.05, 0) is 36.5 Å². The van der Waals surface area contributed by atoms with Gasteiger partial charge in [0.05, 0.1) is 6.10 Å². The van der Waals surface area contributed by atoms with E-state index in [1.54, 1.807) is 0 Å². The summed E-state index contributed by atoms with van der Waals surface area (Å²) in [7, 11) is 0.